The lowest BCUT2D eigenvalue weighted by Gasteiger charge is -2.28. The van der Waals surface area contributed by atoms with Crippen LogP contribution in [-0.4, -0.2) is 57.7 Å². The van der Waals surface area contributed by atoms with Gasteiger partial charge in [-0.15, -0.1) is 11.6 Å². The van der Waals surface area contributed by atoms with Gasteiger partial charge in [-0.1, -0.05) is 6.92 Å². The van der Waals surface area contributed by atoms with Crippen molar-refractivity contribution in [3.8, 4) is 0 Å². The topological polar surface area (TPSA) is 40.2 Å². The van der Waals surface area contributed by atoms with Crippen LogP contribution in [0.3, 0.4) is 0 Å². The zero-order chi connectivity index (χ0) is 15.6. The molecule has 2 rings (SSSR count). The smallest absolute Gasteiger partial charge is 0.104 e. The quantitative estimate of drug-likeness (QED) is 0.406. The molecule has 0 aromatic rings. The highest BCUT2D eigenvalue weighted by Gasteiger charge is 2.25. The van der Waals surface area contributed by atoms with Crippen LogP contribution >= 0.6 is 11.6 Å². The van der Waals surface area contributed by atoms with Gasteiger partial charge in [0.25, 0.3) is 0 Å². The second kappa shape index (κ2) is 10.8. The normalized spacial score (nSPS) is 29.5. The average molecular weight is 335 g/mol. The Labute approximate surface area is 139 Å². The highest BCUT2D eigenvalue weighted by molar-refractivity contribution is 6.18. The summed E-state index contributed by atoms with van der Waals surface area (Å²) >= 11 is 5.89. The molecule has 5 heteroatoms. The Hall–Kier alpha value is 0.130. The third-order valence-corrected chi connectivity index (χ3v) is 4.76. The minimum Gasteiger partial charge on any atom is -0.378 e. The summed E-state index contributed by atoms with van der Waals surface area (Å²) in [4.78, 5) is 0. The number of rotatable bonds is 12. The summed E-state index contributed by atoms with van der Waals surface area (Å²) in [5.74, 6) is 1.91. The van der Waals surface area contributed by atoms with E-state index in [1.54, 1.807) is 0 Å². The van der Waals surface area contributed by atoms with Crippen LogP contribution in [-0.2, 0) is 18.9 Å². The Bertz CT molecular complexity index is 278. The van der Waals surface area contributed by atoms with Crippen LogP contribution in [0.4, 0.5) is 0 Å². The molecule has 1 aliphatic heterocycles. The molecule has 0 aromatic carbocycles. The summed E-state index contributed by atoms with van der Waals surface area (Å²) in [6.07, 6.45) is 6.44. The van der Waals surface area contributed by atoms with Crippen molar-refractivity contribution in [2.75, 3.05) is 45.5 Å². The number of hydrogen-bond donors (Lipinski definition) is 0. The van der Waals surface area contributed by atoms with Gasteiger partial charge in [-0.3, -0.25) is 0 Å². The Kier molecular flexibility index (Phi) is 9.08. The van der Waals surface area contributed by atoms with Crippen molar-refractivity contribution in [2.45, 2.75) is 51.2 Å². The first-order valence-corrected chi connectivity index (χ1v) is 9.29. The van der Waals surface area contributed by atoms with E-state index in [-0.39, 0.29) is 6.10 Å². The van der Waals surface area contributed by atoms with E-state index in [2.05, 4.69) is 6.92 Å². The molecule has 0 radical (unpaired) electrons. The first-order valence-electron chi connectivity index (χ1n) is 8.76. The van der Waals surface area contributed by atoms with Crippen molar-refractivity contribution in [1.29, 1.82) is 0 Å². The summed E-state index contributed by atoms with van der Waals surface area (Å²) in [6.45, 7) is 6.88. The number of halogens is 1. The van der Waals surface area contributed by atoms with Gasteiger partial charge in [-0.25, -0.2) is 0 Å². The molecule has 2 fully saturated rings. The molecule has 1 saturated heterocycles. The van der Waals surface area contributed by atoms with E-state index in [1.807, 2.05) is 0 Å². The first-order chi connectivity index (χ1) is 10.8. The van der Waals surface area contributed by atoms with E-state index in [9.17, 15) is 0 Å². The van der Waals surface area contributed by atoms with E-state index >= 15 is 0 Å². The van der Waals surface area contributed by atoms with Gasteiger partial charge < -0.3 is 18.9 Å². The molecule has 0 aromatic heterocycles. The SMILES string of the molecule is CCCOC(CCl)COCC1CCC(COCC2CO2)CC1. The summed E-state index contributed by atoms with van der Waals surface area (Å²) in [7, 11) is 0. The molecular weight excluding hydrogens is 304 g/mol. The first kappa shape index (κ1) is 18.5. The molecule has 0 spiro atoms. The molecule has 2 atom stereocenters. The van der Waals surface area contributed by atoms with Crippen molar-refractivity contribution < 1.29 is 18.9 Å². The Morgan fingerprint density at radius 1 is 1.05 bits per heavy atom. The number of hydrogen-bond acceptors (Lipinski definition) is 4. The van der Waals surface area contributed by atoms with E-state index < -0.39 is 0 Å². The summed E-state index contributed by atoms with van der Waals surface area (Å²) < 4.78 is 22.3. The van der Waals surface area contributed by atoms with Crippen LogP contribution in [0.25, 0.3) is 0 Å². The lowest BCUT2D eigenvalue weighted by Crippen LogP contribution is -2.26. The summed E-state index contributed by atoms with van der Waals surface area (Å²) in [5, 5.41) is 0. The molecule has 1 aliphatic carbocycles. The Morgan fingerprint density at radius 2 is 1.68 bits per heavy atom. The second-order valence-corrected chi connectivity index (χ2v) is 6.87. The molecule has 0 bridgehead atoms. The van der Waals surface area contributed by atoms with Crippen molar-refractivity contribution in [1.82, 2.24) is 0 Å². The van der Waals surface area contributed by atoms with E-state index in [1.165, 1.54) is 25.7 Å². The maximum absolute atomic E-state index is 5.89. The molecule has 1 saturated carbocycles. The van der Waals surface area contributed by atoms with Crippen LogP contribution in [0.1, 0.15) is 39.0 Å². The number of epoxide rings is 1. The third kappa shape index (κ3) is 7.60. The molecular formula is C17H31ClO4. The highest BCUT2D eigenvalue weighted by atomic mass is 35.5. The van der Waals surface area contributed by atoms with Gasteiger partial charge in [0.15, 0.2) is 0 Å². The molecule has 2 unspecified atom stereocenters. The van der Waals surface area contributed by atoms with Crippen molar-refractivity contribution >= 4 is 11.6 Å². The molecule has 130 valence electrons. The summed E-state index contributed by atoms with van der Waals surface area (Å²) in [6, 6.07) is 0. The number of ether oxygens (including phenoxy) is 4. The monoisotopic (exact) mass is 334 g/mol. The molecule has 0 N–H and O–H groups in total. The summed E-state index contributed by atoms with van der Waals surface area (Å²) in [5.41, 5.74) is 0. The Morgan fingerprint density at radius 3 is 2.23 bits per heavy atom. The minimum absolute atomic E-state index is 0.0380. The molecule has 1 heterocycles. The largest absolute Gasteiger partial charge is 0.378 e. The van der Waals surface area contributed by atoms with Gasteiger partial charge in [0.05, 0.1) is 31.8 Å². The van der Waals surface area contributed by atoms with Gasteiger partial charge in [-0.05, 0) is 43.9 Å². The van der Waals surface area contributed by atoms with Gasteiger partial charge in [0.2, 0.25) is 0 Å². The van der Waals surface area contributed by atoms with Crippen molar-refractivity contribution in [3.05, 3.63) is 0 Å². The van der Waals surface area contributed by atoms with Crippen LogP contribution in [0.5, 0.6) is 0 Å². The van der Waals surface area contributed by atoms with E-state index in [0.29, 0.717) is 24.5 Å². The fraction of sp³-hybridized carbons (Fsp3) is 1.00. The number of alkyl halides is 1. The molecule has 2 aliphatic rings. The van der Waals surface area contributed by atoms with E-state index in [4.69, 9.17) is 30.5 Å². The zero-order valence-electron chi connectivity index (χ0n) is 13.8. The van der Waals surface area contributed by atoms with Crippen LogP contribution < -0.4 is 0 Å². The van der Waals surface area contributed by atoms with Crippen molar-refractivity contribution in [3.63, 3.8) is 0 Å². The second-order valence-electron chi connectivity index (χ2n) is 6.56. The van der Waals surface area contributed by atoms with Gasteiger partial charge in [-0.2, -0.15) is 0 Å². The van der Waals surface area contributed by atoms with Crippen LogP contribution in [0.15, 0.2) is 0 Å². The maximum Gasteiger partial charge on any atom is 0.104 e. The molecule has 22 heavy (non-hydrogen) atoms. The highest BCUT2D eigenvalue weighted by Crippen LogP contribution is 2.29. The zero-order valence-corrected chi connectivity index (χ0v) is 14.6. The fourth-order valence-corrected chi connectivity index (χ4v) is 3.06. The predicted octanol–water partition coefficient (Wildman–Crippen LogP) is 3.26. The van der Waals surface area contributed by atoms with Crippen LogP contribution in [0, 0.1) is 11.8 Å². The average Bonchev–Trinajstić information content (AvgIpc) is 3.36. The van der Waals surface area contributed by atoms with Gasteiger partial charge in [0.1, 0.15) is 6.10 Å². The van der Waals surface area contributed by atoms with Crippen molar-refractivity contribution in [2.24, 2.45) is 11.8 Å². The van der Waals surface area contributed by atoms with Crippen LogP contribution in [0.2, 0.25) is 0 Å². The Balaban J connectivity index is 1.47. The molecule has 4 nitrogen and oxygen atoms in total. The maximum atomic E-state index is 5.89. The van der Waals surface area contributed by atoms with E-state index in [0.717, 1.165) is 45.4 Å². The molecule has 0 amide bonds. The fourth-order valence-electron chi connectivity index (χ4n) is 2.88. The minimum atomic E-state index is 0.0380. The van der Waals surface area contributed by atoms with Gasteiger partial charge in [0, 0.05) is 19.8 Å². The van der Waals surface area contributed by atoms with Gasteiger partial charge >= 0.3 is 0 Å². The third-order valence-electron chi connectivity index (χ3n) is 4.41. The predicted molar refractivity (Wildman–Crippen MR) is 87.6 cm³/mol. The lowest BCUT2D eigenvalue weighted by molar-refractivity contribution is -0.0203. The standard InChI is InChI=1S/C17H31ClO4/c1-2-7-21-16(8-18)11-19-9-14-3-5-15(6-4-14)10-20-12-17-13-22-17/h14-17H,2-13H2,1H3. The lowest BCUT2D eigenvalue weighted by atomic mass is 9.83.